The summed E-state index contributed by atoms with van der Waals surface area (Å²) < 4.78 is 5.07. The molecular formula is C41H24N2S. The number of pyridine rings is 1. The summed E-state index contributed by atoms with van der Waals surface area (Å²) in [5.41, 5.74) is 5.77. The Bertz CT molecular complexity index is 2770. The smallest absolute Gasteiger partial charge is 0.138 e. The molecule has 10 aromatic rings. The number of hydrogen-bond acceptors (Lipinski definition) is 2. The van der Waals surface area contributed by atoms with Gasteiger partial charge in [-0.05, 0) is 51.6 Å². The van der Waals surface area contributed by atoms with Gasteiger partial charge in [0.25, 0.3) is 0 Å². The molecule has 3 heteroatoms. The van der Waals surface area contributed by atoms with Crippen molar-refractivity contribution in [1.82, 2.24) is 9.55 Å². The molecule has 3 heterocycles. The maximum atomic E-state index is 5.37. The number of para-hydroxylation sites is 2. The summed E-state index contributed by atoms with van der Waals surface area (Å²) in [6.07, 6.45) is 0. The molecule has 0 saturated carbocycles. The minimum atomic E-state index is 0.936. The van der Waals surface area contributed by atoms with Gasteiger partial charge in [-0.3, -0.25) is 4.57 Å². The van der Waals surface area contributed by atoms with Crippen molar-refractivity contribution >= 4 is 85.8 Å². The zero-order chi connectivity index (χ0) is 28.8. The zero-order valence-electron chi connectivity index (χ0n) is 23.7. The van der Waals surface area contributed by atoms with Crippen LogP contribution in [0.4, 0.5) is 0 Å². The monoisotopic (exact) mass is 576 g/mol. The fourth-order valence-corrected chi connectivity index (χ4v) is 8.58. The third-order valence-corrected chi connectivity index (χ3v) is 10.3. The van der Waals surface area contributed by atoms with E-state index in [1.165, 1.54) is 74.6 Å². The highest BCUT2D eigenvalue weighted by Crippen LogP contribution is 2.49. The first-order valence-electron chi connectivity index (χ1n) is 15.0. The minimum Gasteiger partial charge on any atom is -0.293 e. The van der Waals surface area contributed by atoms with E-state index < -0.39 is 0 Å². The van der Waals surface area contributed by atoms with E-state index >= 15 is 0 Å². The molecule has 0 aliphatic carbocycles. The molecule has 2 nitrogen and oxygen atoms in total. The van der Waals surface area contributed by atoms with Crippen molar-refractivity contribution in [2.24, 2.45) is 0 Å². The molecule has 0 spiro atoms. The highest BCUT2D eigenvalue weighted by atomic mass is 32.1. The second-order valence-corrected chi connectivity index (χ2v) is 12.6. The molecule has 0 radical (unpaired) electrons. The minimum absolute atomic E-state index is 0.936. The molecule has 0 unspecified atom stereocenters. The molecule has 204 valence electrons. The van der Waals surface area contributed by atoms with Crippen molar-refractivity contribution < 1.29 is 0 Å². The van der Waals surface area contributed by atoms with Crippen LogP contribution in [0.2, 0.25) is 0 Å². The zero-order valence-corrected chi connectivity index (χ0v) is 24.5. The summed E-state index contributed by atoms with van der Waals surface area (Å²) in [6, 6.07) is 52.6. The van der Waals surface area contributed by atoms with E-state index in [2.05, 4.69) is 150 Å². The molecule has 0 bridgehead atoms. The average molecular weight is 577 g/mol. The molecular weight excluding hydrogens is 553 g/mol. The van der Waals surface area contributed by atoms with Crippen molar-refractivity contribution in [1.29, 1.82) is 0 Å². The number of thiophene rings is 1. The Labute approximate surface area is 257 Å². The lowest BCUT2D eigenvalue weighted by Crippen LogP contribution is -1.99. The number of nitrogens with zero attached hydrogens (tertiary/aromatic N) is 2. The topological polar surface area (TPSA) is 17.8 Å². The summed E-state index contributed by atoms with van der Waals surface area (Å²) >= 11 is 1.90. The van der Waals surface area contributed by atoms with Crippen LogP contribution in [-0.2, 0) is 0 Å². The van der Waals surface area contributed by atoms with Gasteiger partial charge < -0.3 is 0 Å². The van der Waals surface area contributed by atoms with E-state index in [0.29, 0.717) is 0 Å². The highest BCUT2D eigenvalue weighted by Gasteiger charge is 2.23. The Morgan fingerprint density at radius 1 is 0.500 bits per heavy atom. The summed E-state index contributed by atoms with van der Waals surface area (Å²) in [6.45, 7) is 0. The second-order valence-electron chi connectivity index (χ2n) is 11.5. The van der Waals surface area contributed by atoms with Crippen LogP contribution in [0, 0.1) is 0 Å². The Morgan fingerprint density at radius 2 is 1.20 bits per heavy atom. The summed E-state index contributed by atoms with van der Waals surface area (Å²) in [7, 11) is 0. The van der Waals surface area contributed by atoms with Gasteiger partial charge in [-0.15, -0.1) is 11.3 Å². The van der Waals surface area contributed by atoms with E-state index in [-0.39, 0.29) is 0 Å². The molecule has 0 saturated heterocycles. The largest absolute Gasteiger partial charge is 0.293 e. The van der Waals surface area contributed by atoms with Crippen molar-refractivity contribution in [2.75, 3.05) is 0 Å². The summed E-state index contributed by atoms with van der Waals surface area (Å²) in [5.74, 6) is 0.936. The number of benzene rings is 7. The maximum Gasteiger partial charge on any atom is 0.138 e. The van der Waals surface area contributed by atoms with Gasteiger partial charge in [0.2, 0.25) is 0 Å². The fraction of sp³-hybridized carbons (Fsp3) is 0. The quantitative estimate of drug-likeness (QED) is 0.187. The van der Waals surface area contributed by atoms with Crippen LogP contribution in [0.15, 0.2) is 146 Å². The van der Waals surface area contributed by atoms with E-state index in [0.717, 1.165) is 16.7 Å². The Balaban J connectivity index is 1.48. The summed E-state index contributed by atoms with van der Waals surface area (Å²) in [5, 5.41) is 11.5. The predicted molar refractivity (Wildman–Crippen MR) is 189 cm³/mol. The first kappa shape index (κ1) is 24.0. The molecule has 44 heavy (non-hydrogen) atoms. The van der Waals surface area contributed by atoms with E-state index in [4.69, 9.17) is 4.98 Å². The van der Waals surface area contributed by atoms with Crippen LogP contribution in [0.3, 0.4) is 0 Å². The molecule has 3 aromatic heterocycles. The van der Waals surface area contributed by atoms with Crippen LogP contribution in [0.5, 0.6) is 0 Å². The number of aromatic nitrogens is 2. The summed E-state index contributed by atoms with van der Waals surface area (Å²) in [4.78, 5) is 5.37. The van der Waals surface area contributed by atoms with Crippen LogP contribution >= 0.6 is 11.3 Å². The number of rotatable bonds is 2. The van der Waals surface area contributed by atoms with Gasteiger partial charge in [0.15, 0.2) is 0 Å². The van der Waals surface area contributed by atoms with E-state index in [9.17, 15) is 0 Å². The molecule has 0 aliphatic rings. The lowest BCUT2D eigenvalue weighted by atomic mass is 9.95. The fourth-order valence-electron chi connectivity index (χ4n) is 7.30. The van der Waals surface area contributed by atoms with Crippen molar-refractivity contribution in [3.63, 3.8) is 0 Å². The highest BCUT2D eigenvalue weighted by molar-refractivity contribution is 7.27. The Hall–Kier alpha value is -5.51. The van der Waals surface area contributed by atoms with Gasteiger partial charge in [0.1, 0.15) is 5.82 Å². The maximum absolute atomic E-state index is 5.37. The molecule has 0 N–H and O–H groups in total. The lowest BCUT2D eigenvalue weighted by molar-refractivity contribution is 1.11. The van der Waals surface area contributed by atoms with Gasteiger partial charge >= 0.3 is 0 Å². The average Bonchev–Trinajstić information content (AvgIpc) is 3.64. The van der Waals surface area contributed by atoms with Gasteiger partial charge in [-0.1, -0.05) is 121 Å². The van der Waals surface area contributed by atoms with Crippen LogP contribution < -0.4 is 0 Å². The van der Waals surface area contributed by atoms with Crippen molar-refractivity contribution in [2.45, 2.75) is 0 Å². The van der Waals surface area contributed by atoms with Gasteiger partial charge in [-0.2, -0.15) is 0 Å². The molecule has 0 atom stereocenters. The normalized spacial score (nSPS) is 12.1. The SMILES string of the molecule is c1ccc(-c2cc(-n3c4ccccc4c4c5ccc6ccccc6c5c5sc6ccccc6c5c43)nc3ccccc23)cc1. The molecule has 10 rings (SSSR count). The van der Waals surface area contributed by atoms with Crippen LogP contribution in [0.1, 0.15) is 0 Å². The standard InChI is InChI=1S/C41H24N2S/c1-2-12-25(13-3-1)32-24-36(42-33-19-9-6-16-28(32)33)43-34-20-10-7-17-29(34)37-31-23-22-26-14-4-5-15-27(26)38(31)41-39(40(37)43)30-18-8-11-21-35(30)44-41/h1-24H. The predicted octanol–water partition coefficient (Wildman–Crippen LogP) is 11.7. The molecule has 0 fully saturated rings. The first-order chi connectivity index (χ1) is 21.8. The molecule has 0 amide bonds. The third-order valence-electron chi connectivity index (χ3n) is 9.15. The van der Waals surface area contributed by atoms with E-state index in [1.54, 1.807) is 0 Å². The number of hydrogen-bond donors (Lipinski definition) is 0. The van der Waals surface area contributed by atoms with Gasteiger partial charge in [0, 0.05) is 41.7 Å². The Kier molecular flexibility index (Phi) is 4.90. The first-order valence-corrected chi connectivity index (χ1v) is 15.8. The van der Waals surface area contributed by atoms with Crippen molar-refractivity contribution in [3.8, 4) is 16.9 Å². The second kappa shape index (κ2) is 9.00. The van der Waals surface area contributed by atoms with E-state index in [1.807, 2.05) is 11.3 Å². The Morgan fingerprint density at radius 3 is 2.09 bits per heavy atom. The van der Waals surface area contributed by atoms with Crippen molar-refractivity contribution in [3.05, 3.63) is 146 Å². The van der Waals surface area contributed by atoms with Crippen LogP contribution in [-0.4, -0.2) is 9.55 Å². The van der Waals surface area contributed by atoms with Crippen LogP contribution in [0.25, 0.3) is 91.4 Å². The third kappa shape index (κ3) is 3.22. The lowest BCUT2D eigenvalue weighted by Gasteiger charge is -2.14. The van der Waals surface area contributed by atoms with Gasteiger partial charge in [0.05, 0.1) is 16.6 Å². The molecule has 0 aliphatic heterocycles. The molecule has 7 aromatic carbocycles. The van der Waals surface area contributed by atoms with Gasteiger partial charge in [-0.25, -0.2) is 4.98 Å². The number of fused-ring (bicyclic) bond motifs is 13.